The van der Waals surface area contributed by atoms with Gasteiger partial charge in [0.05, 0.1) is 22.2 Å². The van der Waals surface area contributed by atoms with E-state index in [1.807, 2.05) is 0 Å². The maximum absolute atomic E-state index is 13.9. The summed E-state index contributed by atoms with van der Waals surface area (Å²) >= 11 is 0. The molecule has 0 spiro atoms. The molecular formula is C18H19F2NO5S2. The zero-order valence-corrected chi connectivity index (χ0v) is 16.6. The number of sulfone groups is 1. The Labute approximate surface area is 162 Å². The number of hydrogen-bond donors (Lipinski definition) is 0. The highest BCUT2D eigenvalue weighted by molar-refractivity contribution is 7.92. The maximum atomic E-state index is 13.9. The van der Waals surface area contributed by atoms with Gasteiger partial charge in [0.25, 0.3) is 0 Å². The number of benzene rings is 2. The van der Waals surface area contributed by atoms with E-state index in [4.69, 9.17) is 4.74 Å². The predicted octanol–water partition coefficient (Wildman–Crippen LogP) is 2.60. The molecule has 2 aromatic carbocycles. The molecule has 0 radical (unpaired) electrons. The molecule has 0 saturated carbocycles. The third-order valence-corrected chi connectivity index (χ3v) is 8.74. The Bertz CT molecular complexity index is 1070. The normalized spacial score (nSPS) is 18.8. The van der Waals surface area contributed by atoms with Gasteiger partial charge in [-0.2, -0.15) is 4.31 Å². The van der Waals surface area contributed by atoms with E-state index in [-0.39, 0.29) is 35.1 Å². The number of halogens is 2. The summed E-state index contributed by atoms with van der Waals surface area (Å²) in [6.07, 6.45) is 0.617. The number of methoxy groups -OCH3 is 1. The lowest BCUT2D eigenvalue weighted by Gasteiger charge is -2.31. The van der Waals surface area contributed by atoms with Crippen LogP contribution in [0.3, 0.4) is 0 Å². The minimum atomic E-state index is -4.08. The lowest BCUT2D eigenvalue weighted by Crippen LogP contribution is -2.45. The average molecular weight is 431 g/mol. The summed E-state index contributed by atoms with van der Waals surface area (Å²) in [7, 11) is -6.65. The molecule has 1 fully saturated rings. The summed E-state index contributed by atoms with van der Waals surface area (Å²) in [6.45, 7) is -0.124. The van der Waals surface area contributed by atoms with Crippen LogP contribution in [0, 0.1) is 11.6 Å². The van der Waals surface area contributed by atoms with E-state index in [2.05, 4.69) is 0 Å². The molecule has 0 amide bonds. The zero-order chi connectivity index (χ0) is 20.5. The fourth-order valence-electron chi connectivity index (χ4n) is 3.15. The maximum Gasteiger partial charge on any atom is 0.243 e. The van der Waals surface area contributed by atoms with Crippen molar-refractivity contribution in [2.75, 3.05) is 20.2 Å². The third kappa shape index (κ3) is 3.89. The van der Waals surface area contributed by atoms with Crippen LogP contribution >= 0.6 is 0 Å². The van der Waals surface area contributed by atoms with E-state index < -0.39 is 36.7 Å². The summed E-state index contributed by atoms with van der Waals surface area (Å²) in [5.74, 6) is -1.47. The van der Waals surface area contributed by atoms with Gasteiger partial charge in [0.2, 0.25) is 10.0 Å². The zero-order valence-electron chi connectivity index (χ0n) is 15.0. The lowest BCUT2D eigenvalue weighted by atomic mass is 10.2. The second-order valence-electron chi connectivity index (χ2n) is 6.42. The standard InChI is InChI=1S/C18H19F2NO5S2/c1-26-18-9-8-15(11-17(18)20)28(24,25)21-10-2-3-16(12-21)27(22,23)14-6-4-13(19)5-7-14/h4-9,11,16H,2-3,10,12H2,1H3/t16-/m0/s1. The molecule has 0 aliphatic carbocycles. The topological polar surface area (TPSA) is 80.8 Å². The number of piperidine rings is 1. The summed E-state index contributed by atoms with van der Waals surface area (Å²) < 4.78 is 84.2. The van der Waals surface area contributed by atoms with Crippen LogP contribution in [0.15, 0.2) is 52.3 Å². The van der Waals surface area contributed by atoms with Crippen molar-refractivity contribution in [3.63, 3.8) is 0 Å². The van der Waals surface area contributed by atoms with Crippen LogP contribution < -0.4 is 4.74 Å². The molecule has 10 heteroatoms. The van der Waals surface area contributed by atoms with E-state index in [1.54, 1.807) is 0 Å². The summed E-state index contributed by atoms with van der Waals surface area (Å²) in [5, 5.41) is -0.968. The minimum absolute atomic E-state index is 0.0614. The highest BCUT2D eigenvalue weighted by Gasteiger charge is 2.37. The van der Waals surface area contributed by atoms with Crippen molar-refractivity contribution in [1.82, 2.24) is 4.31 Å². The van der Waals surface area contributed by atoms with E-state index in [9.17, 15) is 25.6 Å². The van der Waals surface area contributed by atoms with Crippen LogP contribution in [0.25, 0.3) is 0 Å². The van der Waals surface area contributed by atoms with Crippen molar-refractivity contribution in [2.45, 2.75) is 27.9 Å². The van der Waals surface area contributed by atoms with Gasteiger partial charge in [0, 0.05) is 13.1 Å². The molecule has 0 bridgehead atoms. The van der Waals surface area contributed by atoms with Crippen molar-refractivity contribution in [3.8, 4) is 5.75 Å². The molecule has 1 atom stereocenters. The first-order valence-corrected chi connectivity index (χ1v) is 11.5. The van der Waals surface area contributed by atoms with Gasteiger partial charge < -0.3 is 4.74 Å². The van der Waals surface area contributed by atoms with E-state index >= 15 is 0 Å². The van der Waals surface area contributed by atoms with Crippen molar-refractivity contribution in [1.29, 1.82) is 0 Å². The van der Waals surface area contributed by atoms with E-state index in [1.165, 1.54) is 19.2 Å². The van der Waals surface area contributed by atoms with Crippen LogP contribution in [-0.4, -0.2) is 46.6 Å². The molecule has 2 aromatic rings. The highest BCUT2D eigenvalue weighted by atomic mass is 32.2. The van der Waals surface area contributed by atoms with Crippen LogP contribution in [-0.2, 0) is 19.9 Å². The molecule has 6 nitrogen and oxygen atoms in total. The van der Waals surface area contributed by atoms with Crippen molar-refractivity contribution < 1.29 is 30.4 Å². The fourth-order valence-corrected chi connectivity index (χ4v) is 6.53. The van der Waals surface area contributed by atoms with Gasteiger partial charge in [0.15, 0.2) is 21.4 Å². The summed E-state index contributed by atoms with van der Waals surface area (Å²) in [4.78, 5) is -0.334. The number of hydrogen-bond acceptors (Lipinski definition) is 5. The number of rotatable bonds is 5. The second-order valence-corrected chi connectivity index (χ2v) is 10.6. The van der Waals surface area contributed by atoms with Gasteiger partial charge in [-0.3, -0.25) is 0 Å². The minimum Gasteiger partial charge on any atom is -0.494 e. The Morgan fingerprint density at radius 1 is 1.00 bits per heavy atom. The molecule has 1 aliphatic heterocycles. The number of ether oxygens (including phenoxy) is 1. The summed E-state index contributed by atoms with van der Waals surface area (Å²) in [6, 6.07) is 7.70. The second kappa shape index (κ2) is 7.76. The Morgan fingerprint density at radius 2 is 1.64 bits per heavy atom. The molecule has 152 valence electrons. The molecule has 0 unspecified atom stereocenters. The Hall–Kier alpha value is -2.04. The van der Waals surface area contributed by atoms with Gasteiger partial charge in [-0.1, -0.05) is 0 Å². The molecular weight excluding hydrogens is 412 g/mol. The van der Waals surface area contributed by atoms with Gasteiger partial charge in [-0.25, -0.2) is 25.6 Å². The fraction of sp³-hybridized carbons (Fsp3) is 0.333. The smallest absolute Gasteiger partial charge is 0.243 e. The summed E-state index contributed by atoms with van der Waals surface area (Å²) in [5.41, 5.74) is 0. The van der Waals surface area contributed by atoms with Crippen molar-refractivity contribution in [2.24, 2.45) is 0 Å². The van der Waals surface area contributed by atoms with Gasteiger partial charge >= 0.3 is 0 Å². The average Bonchev–Trinajstić information content (AvgIpc) is 2.68. The van der Waals surface area contributed by atoms with Crippen LogP contribution in [0.5, 0.6) is 5.75 Å². The molecule has 0 aromatic heterocycles. The van der Waals surface area contributed by atoms with Crippen LogP contribution in [0.2, 0.25) is 0 Å². The highest BCUT2D eigenvalue weighted by Crippen LogP contribution is 2.29. The Kier molecular flexibility index (Phi) is 5.74. The van der Waals surface area contributed by atoms with Crippen molar-refractivity contribution in [3.05, 3.63) is 54.1 Å². The van der Waals surface area contributed by atoms with Crippen molar-refractivity contribution >= 4 is 19.9 Å². The number of sulfonamides is 1. The molecule has 1 saturated heterocycles. The number of nitrogens with zero attached hydrogens (tertiary/aromatic N) is 1. The largest absolute Gasteiger partial charge is 0.494 e. The molecule has 1 heterocycles. The first-order valence-electron chi connectivity index (χ1n) is 8.49. The quantitative estimate of drug-likeness (QED) is 0.680. The Morgan fingerprint density at radius 3 is 2.25 bits per heavy atom. The van der Waals surface area contributed by atoms with E-state index in [0.29, 0.717) is 6.42 Å². The first kappa shape index (κ1) is 20.7. The molecule has 28 heavy (non-hydrogen) atoms. The monoisotopic (exact) mass is 431 g/mol. The van der Waals surface area contributed by atoms with Gasteiger partial charge in [0.1, 0.15) is 5.82 Å². The first-order chi connectivity index (χ1) is 13.2. The molecule has 3 rings (SSSR count). The molecule has 0 N–H and O–H groups in total. The lowest BCUT2D eigenvalue weighted by molar-refractivity contribution is 0.345. The van der Waals surface area contributed by atoms with Gasteiger partial charge in [-0.05, 0) is 55.3 Å². The van der Waals surface area contributed by atoms with Gasteiger partial charge in [-0.15, -0.1) is 0 Å². The SMILES string of the molecule is COc1ccc(S(=O)(=O)N2CCC[C@H](S(=O)(=O)c3ccc(F)cc3)C2)cc1F. The third-order valence-electron chi connectivity index (χ3n) is 4.68. The van der Waals surface area contributed by atoms with E-state index in [0.717, 1.165) is 34.6 Å². The van der Waals surface area contributed by atoms with Crippen LogP contribution in [0.4, 0.5) is 8.78 Å². The molecule has 1 aliphatic rings. The Balaban J connectivity index is 1.88. The van der Waals surface area contributed by atoms with Crippen LogP contribution in [0.1, 0.15) is 12.8 Å². The predicted molar refractivity (Wildman–Crippen MR) is 98.3 cm³/mol.